The van der Waals surface area contributed by atoms with Crippen LogP contribution in [0.15, 0.2) is 4.99 Å². The van der Waals surface area contributed by atoms with E-state index in [2.05, 4.69) is 18.8 Å². The molecular weight excluding hydrogens is 186 g/mol. The third kappa shape index (κ3) is 2.72. The van der Waals surface area contributed by atoms with Crippen molar-refractivity contribution < 1.29 is 9.53 Å². The Morgan fingerprint density at radius 2 is 2.23 bits per heavy atom. The molecule has 1 rings (SSSR count). The van der Waals surface area contributed by atoms with Crippen LogP contribution >= 0.6 is 11.8 Å². The monoisotopic (exact) mass is 201 g/mol. The summed E-state index contributed by atoms with van der Waals surface area (Å²) in [7, 11) is 0. The van der Waals surface area contributed by atoms with Crippen LogP contribution in [0, 0.1) is 0 Å². The van der Waals surface area contributed by atoms with Crippen LogP contribution in [0.3, 0.4) is 0 Å². The first kappa shape index (κ1) is 10.6. The van der Waals surface area contributed by atoms with Crippen molar-refractivity contribution in [2.75, 3.05) is 0 Å². The van der Waals surface area contributed by atoms with Crippen molar-refractivity contribution in [1.29, 1.82) is 0 Å². The van der Waals surface area contributed by atoms with E-state index in [1.54, 1.807) is 18.7 Å². The molecule has 0 aromatic rings. The first-order valence-electron chi connectivity index (χ1n) is 4.42. The van der Waals surface area contributed by atoms with Gasteiger partial charge in [-0.05, 0) is 13.8 Å². The molecule has 0 aromatic heterocycles. The maximum atomic E-state index is 11.1. The van der Waals surface area contributed by atoms with Crippen molar-refractivity contribution in [2.24, 2.45) is 4.99 Å². The minimum absolute atomic E-state index is 0.0289. The molecule has 3 nitrogen and oxygen atoms in total. The average molecular weight is 201 g/mol. The van der Waals surface area contributed by atoms with Crippen molar-refractivity contribution in [3.63, 3.8) is 0 Å². The van der Waals surface area contributed by atoms with E-state index in [-0.39, 0.29) is 17.9 Å². The van der Waals surface area contributed by atoms with Crippen LogP contribution in [0.4, 0.5) is 0 Å². The van der Waals surface area contributed by atoms with Crippen molar-refractivity contribution in [1.82, 2.24) is 0 Å². The van der Waals surface area contributed by atoms with Crippen molar-refractivity contribution in [3.05, 3.63) is 0 Å². The van der Waals surface area contributed by atoms with Gasteiger partial charge in [0.25, 0.3) is 0 Å². The van der Waals surface area contributed by atoms with Gasteiger partial charge in [-0.15, -0.1) is 0 Å². The zero-order valence-corrected chi connectivity index (χ0v) is 9.22. The first-order chi connectivity index (χ1) is 6.00. The summed E-state index contributed by atoms with van der Waals surface area (Å²) < 4.78 is 5.41. The lowest BCUT2D eigenvalue weighted by Crippen LogP contribution is -2.27. The molecule has 0 bridgehead atoms. The van der Waals surface area contributed by atoms with Crippen LogP contribution in [-0.2, 0) is 9.53 Å². The highest BCUT2D eigenvalue weighted by molar-refractivity contribution is 8.14. The molecule has 0 radical (unpaired) electrons. The second kappa shape index (κ2) is 4.13. The van der Waals surface area contributed by atoms with Gasteiger partial charge in [0.1, 0.15) is 0 Å². The third-order valence-corrected chi connectivity index (χ3v) is 2.59. The molecular formula is C9H15NO2S. The maximum absolute atomic E-state index is 11.1. The summed E-state index contributed by atoms with van der Waals surface area (Å²) >= 11 is 1.56. The fraction of sp³-hybridized carbons (Fsp3) is 0.778. The molecule has 13 heavy (non-hydrogen) atoms. The van der Waals surface area contributed by atoms with Crippen LogP contribution in [-0.4, -0.2) is 28.4 Å². The zero-order valence-electron chi connectivity index (χ0n) is 8.40. The number of ketones is 1. The van der Waals surface area contributed by atoms with Gasteiger partial charge in [-0.1, -0.05) is 25.6 Å². The molecule has 0 saturated heterocycles. The number of nitrogens with zero attached hydrogens (tertiary/aromatic N) is 1. The van der Waals surface area contributed by atoms with Crippen molar-refractivity contribution >= 4 is 22.8 Å². The fourth-order valence-corrected chi connectivity index (χ4v) is 1.94. The number of carbonyl (C=O) groups is 1. The highest BCUT2D eigenvalue weighted by Gasteiger charge is 2.31. The van der Waals surface area contributed by atoms with Gasteiger partial charge in [0.05, 0.1) is 6.04 Å². The lowest BCUT2D eigenvalue weighted by molar-refractivity contribution is -0.123. The molecule has 1 aliphatic heterocycles. The van der Waals surface area contributed by atoms with Crippen LogP contribution in [0.25, 0.3) is 0 Å². The Morgan fingerprint density at radius 3 is 2.62 bits per heavy atom. The molecule has 2 atom stereocenters. The summed E-state index contributed by atoms with van der Waals surface area (Å²) in [5.74, 6) is 0.0515. The summed E-state index contributed by atoms with van der Waals surface area (Å²) in [5, 5.41) is 1.10. The molecule has 0 aromatic carbocycles. The van der Waals surface area contributed by atoms with Gasteiger partial charge in [-0.25, -0.2) is 4.99 Å². The SMILES string of the molecule is CC(=O)C1OC(SC(C)C)=NC1C. The van der Waals surface area contributed by atoms with Gasteiger partial charge in [0, 0.05) is 5.25 Å². The largest absolute Gasteiger partial charge is 0.459 e. The Morgan fingerprint density at radius 1 is 1.62 bits per heavy atom. The van der Waals surface area contributed by atoms with Gasteiger partial charge >= 0.3 is 0 Å². The first-order valence-corrected chi connectivity index (χ1v) is 5.30. The molecule has 1 aliphatic rings. The van der Waals surface area contributed by atoms with Crippen LogP contribution in [0.5, 0.6) is 0 Å². The topological polar surface area (TPSA) is 38.7 Å². The molecule has 2 unspecified atom stereocenters. The third-order valence-electron chi connectivity index (χ3n) is 1.71. The zero-order chi connectivity index (χ0) is 10.0. The van der Waals surface area contributed by atoms with Gasteiger partial charge in [0.15, 0.2) is 11.9 Å². The number of hydrogen-bond acceptors (Lipinski definition) is 4. The molecule has 74 valence electrons. The lowest BCUT2D eigenvalue weighted by atomic mass is 10.1. The maximum Gasteiger partial charge on any atom is 0.247 e. The van der Waals surface area contributed by atoms with Crippen molar-refractivity contribution in [3.8, 4) is 0 Å². The van der Waals surface area contributed by atoms with Crippen LogP contribution < -0.4 is 0 Å². The fourth-order valence-electron chi connectivity index (χ4n) is 1.15. The number of carbonyl (C=O) groups excluding carboxylic acids is 1. The van der Waals surface area contributed by atoms with Gasteiger partial charge < -0.3 is 4.74 Å². The Hall–Kier alpha value is -0.510. The molecule has 0 fully saturated rings. The summed E-state index contributed by atoms with van der Waals surface area (Å²) in [6.07, 6.45) is -0.360. The number of ether oxygens (including phenoxy) is 1. The summed E-state index contributed by atoms with van der Waals surface area (Å²) in [6, 6.07) is -0.0289. The Labute approximate surface area is 82.9 Å². The van der Waals surface area contributed by atoms with Gasteiger partial charge in [-0.2, -0.15) is 0 Å². The standard InChI is InChI=1S/C9H15NO2S/c1-5(2)13-9-10-6(3)8(12-9)7(4)11/h5-6,8H,1-4H3. The highest BCUT2D eigenvalue weighted by Crippen LogP contribution is 2.23. The lowest BCUT2D eigenvalue weighted by Gasteiger charge is -2.10. The number of Topliss-reactive ketones (excluding diaryl/α,β-unsaturated/α-hetero) is 1. The van der Waals surface area contributed by atoms with Gasteiger partial charge in [0.2, 0.25) is 5.23 Å². The Bertz CT molecular complexity index is 238. The van der Waals surface area contributed by atoms with E-state index in [1.807, 2.05) is 6.92 Å². The Kier molecular flexibility index (Phi) is 3.36. The van der Waals surface area contributed by atoms with Crippen LogP contribution in [0.2, 0.25) is 0 Å². The summed E-state index contributed by atoms with van der Waals surface area (Å²) in [6.45, 7) is 7.59. The molecule has 0 amide bonds. The molecule has 0 N–H and O–H groups in total. The van der Waals surface area contributed by atoms with E-state index in [0.29, 0.717) is 10.5 Å². The highest BCUT2D eigenvalue weighted by atomic mass is 32.2. The van der Waals surface area contributed by atoms with E-state index < -0.39 is 0 Å². The second-order valence-corrected chi connectivity index (χ2v) is 4.98. The van der Waals surface area contributed by atoms with E-state index >= 15 is 0 Å². The summed E-state index contributed by atoms with van der Waals surface area (Å²) in [5.41, 5.74) is 0. The molecule has 0 saturated carbocycles. The number of rotatable bonds is 2. The normalized spacial score (nSPS) is 27.3. The molecule has 0 aliphatic carbocycles. The number of thioether (sulfide) groups is 1. The quantitative estimate of drug-likeness (QED) is 0.684. The van der Waals surface area contributed by atoms with E-state index in [4.69, 9.17) is 4.74 Å². The smallest absolute Gasteiger partial charge is 0.247 e. The van der Waals surface area contributed by atoms with E-state index in [9.17, 15) is 4.79 Å². The molecule has 4 heteroatoms. The van der Waals surface area contributed by atoms with Gasteiger partial charge in [-0.3, -0.25) is 4.79 Å². The average Bonchev–Trinajstić information content (AvgIpc) is 2.29. The predicted molar refractivity (Wildman–Crippen MR) is 55.2 cm³/mol. The van der Waals surface area contributed by atoms with Crippen LogP contribution in [0.1, 0.15) is 27.7 Å². The number of aliphatic imine (C=N–C) groups is 1. The Balaban J connectivity index is 2.55. The number of hydrogen-bond donors (Lipinski definition) is 0. The van der Waals surface area contributed by atoms with E-state index in [1.165, 1.54) is 0 Å². The summed E-state index contributed by atoms with van der Waals surface area (Å²) in [4.78, 5) is 15.3. The predicted octanol–water partition coefficient (Wildman–Crippen LogP) is 1.86. The molecule has 0 spiro atoms. The molecule has 1 heterocycles. The minimum Gasteiger partial charge on any atom is -0.459 e. The second-order valence-electron chi connectivity index (χ2n) is 3.45. The van der Waals surface area contributed by atoms with E-state index in [0.717, 1.165) is 0 Å². The van der Waals surface area contributed by atoms with Crippen molar-refractivity contribution in [2.45, 2.75) is 45.1 Å². The minimum atomic E-state index is -0.360.